The monoisotopic (exact) mass is 256 g/mol. The highest BCUT2D eigenvalue weighted by atomic mass is 35.5. The fraction of sp³-hybridized carbons (Fsp3) is 0.417. The Kier molecular flexibility index (Phi) is 3.64. The Balaban J connectivity index is 2.28. The maximum atomic E-state index is 13.1. The molecule has 3 nitrogen and oxygen atoms in total. The van der Waals surface area contributed by atoms with Crippen LogP contribution in [-0.2, 0) is 6.42 Å². The topological polar surface area (TPSA) is 52.0 Å². The summed E-state index contributed by atoms with van der Waals surface area (Å²) in [6, 6.07) is 2.53. The first-order chi connectivity index (χ1) is 8.10. The number of hydrogen-bond acceptors (Lipinski definition) is 3. The minimum absolute atomic E-state index is 0.0108. The van der Waals surface area contributed by atoms with E-state index < -0.39 is 5.82 Å². The molecule has 0 bridgehead atoms. The van der Waals surface area contributed by atoms with Crippen LogP contribution in [0.4, 0.5) is 4.39 Å². The average molecular weight is 257 g/mol. The molecule has 0 aliphatic rings. The second-order valence-corrected chi connectivity index (χ2v) is 4.50. The van der Waals surface area contributed by atoms with E-state index in [0.717, 1.165) is 12.8 Å². The van der Waals surface area contributed by atoms with Crippen LogP contribution >= 0.6 is 11.6 Å². The first-order valence-electron chi connectivity index (χ1n) is 5.60. The summed E-state index contributed by atoms with van der Waals surface area (Å²) in [5.74, 6) is 0.0913. The summed E-state index contributed by atoms with van der Waals surface area (Å²) in [6.07, 6.45) is 2.46. The molecule has 1 unspecified atom stereocenters. The van der Waals surface area contributed by atoms with Crippen molar-refractivity contribution in [2.75, 3.05) is 0 Å². The van der Waals surface area contributed by atoms with Gasteiger partial charge in [-0.2, -0.15) is 0 Å². The van der Waals surface area contributed by atoms with Crippen molar-refractivity contribution in [2.24, 2.45) is 5.73 Å². The fourth-order valence-electron chi connectivity index (χ4n) is 1.79. The molecular formula is C12H14ClFN2O. The third-order valence-electron chi connectivity index (χ3n) is 2.55. The summed E-state index contributed by atoms with van der Waals surface area (Å²) in [7, 11) is 0. The van der Waals surface area contributed by atoms with Gasteiger partial charge in [-0.1, -0.05) is 24.9 Å². The second kappa shape index (κ2) is 5.02. The third kappa shape index (κ3) is 2.76. The van der Waals surface area contributed by atoms with Gasteiger partial charge in [0.05, 0.1) is 5.02 Å². The van der Waals surface area contributed by atoms with E-state index in [9.17, 15) is 4.39 Å². The van der Waals surface area contributed by atoms with Gasteiger partial charge in [0.15, 0.2) is 11.5 Å². The molecule has 0 radical (unpaired) electrons. The van der Waals surface area contributed by atoms with E-state index in [1.54, 1.807) is 0 Å². The van der Waals surface area contributed by atoms with Crippen molar-refractivity contribution in [2.45, 2.75) is 32.2 Å². The van der Waals surface area contributed by atoms with Crippen molar-refractivity contribution < 1.29 is 8.81 Å². The Morgan fingerprint density at radius 2 is 2.29 bits per heavy atom. The van der Waals surface area contributed by atoms with Crippen molar-refractivity contribution in [3.05, 3.63) is 28.9 Å². The summed E-state index contributed by atoms with van der Waals surface area (Å²) in [6.45, 7) is 2.07. The van der Waals surface area contributed by atoms with Gasteiger partial charge in [-0.05, 0) is 12.5 Å². The number of halogens is 2. The highest BCUT2D eigenvalue weighted by molar-refractivity contribution is 6.34. The molecule has 1 aromatic heterocycles. The number of aromatic nitrogens is 1. The lowest BCUT2D eigenvalue weighted by Gasteiger charge is -2.05. The number of nitrogens with zero attached hydrogens (tertiary/aromatic N) is 1. The minimum atomic E-state index is -0.416. The SMILES string of the molecule is CCCC(N)Cc1nc2cc(F)cc(Cl)c2o1. The molecule has 0 aliphatic carbocycles. The molecule has 5 heteroatoms. The first kappa shape index (κ1) is 12.3. The largest absolute Gasteiger partial charge is 0.439 e. The van der Waals surface area contributed by atoms with E-state index in [-0.39, 0.29) is 11.1 Å². The molecule has 17 heavy (non-hydrogen) atoms. The quantitative estimate of drug-likeness (QED) is 0.913. The highest BCUT2D eigenvalue weighted by Gasteiger charge is 2.13. The smallest absolute Gasteiger partial charge is 0.197 e. The van der Waals surface area contributed by atoms with E-state index in [4.69, 9.17) is 21.8 Å². The van der Waals surface area contributed by atoms with Crippen LogP contribution in [0.3, 0.4) is 0 Å². The molecule has 0 saturated carbocycles. The zero-order valence-corrected chi connectivity index (χ0v) is 10.3. The van der Waals surface area contributed by atoms with Gasteiger partial charge in [0.1, 0.15) is 11.3 Å². The first-order valence-corrected chi connectivity index (χ1v) is 5.98. The molecule has 1 heterocycles. The normalized spacial score (nSPS) is 13.2. The highest BCUT2D eigenvalue weighted by Crippen LogP contribution is 2.26. The number of hydrogen-bond donors (Lipinski definition) is 1. The van der Waals surface area contributed by atoms with Gasteiger partial charge in [-0.3, -0.25) is 0 Å². The van der Waals surface area contributed by atoms with Gasteiger partial charge in [0.2, 0.25) is 0 Å². The van der Waals surface area contributed by atoms with Gasteiger partial charge in [0.25, 0.3) is 0 Å². The van der Waals surface area contributed by atoms with Crippen LogP contribution in [0.25, 0.3) is 11.1 Å². The van der Waals surface area contributed by atoms with Crippen molar-refractivity contribution in [1.29, 1.82) is 0 Å². The predicted molar refractivity (Wildman–Crippen MR) is 65.6 cm³/mol. The lowest BCUT2D eigenvalue weighted by Crippen LogP contribution is -2.22. The van der Waals surface area contributed by atoms with Gasteiger partial charge in [-0.15, -0.1) is 0 Å². The number of benzene rings is 1. The molecule has 2 N–H and O–H groups in total. The number of rotatable bonds is 4. The van der Waals surface area contributed by atoms with Gasteiger partial charge in [-0.25, -0.2) is 9.37 Å². The summed E-state index contributed by atoms with van der Waals surface area (Å²) in [5, 5.41) is 0.239. The Labute approximate surface area is 104 Å². The van der Waals surface area contributed by atoms with Gasteiger partial charge < -0.3 is 10.2 Å². The average Bonchev–Trinajstić information content (AvgIpc) is 2.60. The number of fused-ring (bicyclic) bond motifs is 1. The fourth-order valence-corrected chi connectivity index (χ4v) is 2.03. The van der Waals surface area contributed by atoms with Crippen LogP contribution in [0.2, 0.25) is 5.02 Å². The van der Waals surface area contributed by atoms with E-state index in [0.29, 0.717) is 23.4 Å². The predicted octanol–water partition coefficient (Wildman–Crippen LogP) is 3.29. The van der Waals surface area contributed by atoms with Crippen molar-refractivity contribution in [3.63, 3.8) is 0 Å². The molecule has 0 fully saturated rings. The summed E-state index contributed by atoms with van der Waals surface area (Å²) >= 11 is 5.87. The van der Waals surface area contributed by atoms with Crippen molar-refractivity contribution in [1.82, 2.24) is 4.98 Å². The maximum Gasteiger partial charge on any atom is 0.197 e. The molecule has 0 spiro atoms. The Bertz CT molecular complexity index is 526. The van der Waals surface area contributed by atoms with Gasteiger partial charge in [0, 0.05) is 18.5 Å². The lowest BCUT2D eigenvalue weighted by atomic mass is 10.1. The Morgan fingerprint density at radius 1 is 1.53 bits per heavy atom. The van der Waals surface area contributed by atoms with E-state index in [1.165, 1.54) is 12.1 Å². The summed E-state index contributed by atoms with van der Waals surface area (Å²) in [4.78, 5) is 4.19. The molecule has 1 aromatic carbocycles. The maximum absolute atomic E-state index is 13.1. The number of oxazole rings is 1. The Hall–Kier alpha value is -1.13. The molecule has 1 atom stereocenters. The zero-order chi connectivity index (χ0) is 12.4. The van der Waals surface area contributed by atoms with Crippen LogP contribution in [-0.4, -0.2) is 11.0 Å². The van der Waals surface area contributed by atoms with E-state index in [1.807, 2.05) is 0 Å². The van der Waals surface area contributed by atoms with Crippen LogP contribution in [0.1, 0.15) is 25.7 Å². The van der Waals surface area contributed by atoms with Crippen LogP contribution < -0.4 is 5.73 Å². The molecule has 0 saturated heterocycles. The molecular weight excluding hydrogens is 243 g/mol. The zero-order valence-electron chi connectivity index (χ0n) is 9.54. The van der Waals surface area contributed by atoms with Crippen LogP contribution in [0.5, 0.6) is 0 Å². The molecule has 0 amide bonds. The third-order valence-corrected chi connectivity index (χ3v) is 2.83. The molecule has 0 aliphatic heterocycles. The van der Waals surface area contributed by atoms with Crippen molar-refractivity contribution in [3.8, 4) is 0 Å². The number of nitrogens with two attached hydrogens (primary N) is 1. The van der Waals surface area contributed by atoms with Crippen LogP contribution in [0, 0.1) is 5.82 Å². The second-order valence-electron chi connectivity index (χ2n) is 4.10. The van der Waals surface area contributed by atoms with Gasteiger partial charge >= 0.3 is 0 Å². The lowest BCUT2D eigenvalue weighted by molar-refractivity contribution is 0.481. The summed E-state index contributed by atoms with van der Waals surface area (Å²) in [5.41, 5.74) is 6.76. The minimum Gasteiger partial charge on any atom is -0.439 e. The molecule has 2 rings (SSSR count). The van der Waals surface area contributed by atoms with E-state index >= 15 is 0 Å². The molecule has 2 aromatic rings. The summed E-state index contributed by atoms with van der Waals surface area (Å²) < 4.78 is 18.6. The molecule has 92 valence electrons. The standard InChI is InChI=1S/C12H14ClFN2O/c1-2-3-8(15)6-11-16-10-5-7(14)4-9(13)12(10)17-11/h4-5,8H,2-3,6,15H2,1H3. The van der Waals surface area contributed by atoms with Crippen LogP contribution in [0.15, 0.2) is 16.5 Å². The van der Waals surface area contributed by atoms with Crippen molar-refractivity contribution >= 4 is 22.7 Å². The van der Waals surface area contributed by atoms with E-state index in [2.05, 4.69) is 11.9 Å². The Morgan fingerprint density at radius 3 is 3.00 bits per heavy atom.